The van der Waals surface area contributed by atoms with Crippen molar-refractivity contribution in [1.82, 2.24) is 9.80 Å². The average molecular weight is 302 g/mol. The summed E-state index contributed by atoms with van der Waals surface area (Å²) in [7, 11) is 0. The molecule has 1 aromatic carbocycles. The molecule has 0 unspecified atom stereocenters. The largest absolute Gasteiger partial charge is 0.378 e. The van der Waals surface area contributed by atoms with E-state index in [0.29, 0.717) is 12.5 Å². The second-order valence-electron chi connectivity index (χ2n) is 6.07. The molecule has 0 aliphatic carbocycles. The molecule has 5 heteroatoms. The first kappa shape index (κ1) is 15.3. The number of nitrogens with two attached hydrogens (primary N) is 1. The lowest BCUT2D eigenvalue weighted by Crippen LogP contribution is -2.44. The van der Waals surface area contributed by atoms with E-state index >= 15 is 0 Å². The van der Waals surface area contributed by atoms with Gasteiger partial charge in [0.2, 0.25) is 0 Å². The van der Waals surface area contributed by atoms with Gasteiger partial charge in [-0.25, -0.2) is 4.99 Å². The number of guanidine groups is 1. The molecule has 120 valence electrons. The van der Waals surface area contributed by atoms with Crippen molar-refractivity contribution in [2.75, 3.05) is 39.4 Å². The Hall–Kier alpha value is -1.59. The van der Waals surface area contributed by atoms with E-state index in [9.17, 15) is 0 Å². The minimum Gasteiger partial charge on any atom is -0.378 e. The highest BCUT2D eigenvalue weighted by atomic mass is 16.5. The van der Waals surface area contributed by atoms with Crippen molar-refractivity contribution in [2.45, 2.75) is 25.9 Å². The van der Waals surface area contributed by atoms with Gasteiger partial charge in [0.1, 0.15) is 0 Å². The van der Waals surface area contributed by atoms with Crippen LogP contribution in [0.15, 0.2) is 29.3 Å². The van der Waals surface area contributed by atoms with E-state index in [1.54, 1.807) is 0 Å². The summed E-state index contributed by atoms with van der Waals surface area (Å²) in [5, 5.41) is 0. The summed E-state index contributed by atoms with van der Waals surface area (Å²) in [6.07, 6.45) is 2.68. The minimum atomic E-state index is 0.629. The summed E-state index contributed by atoms with van der Waals surface area (Å²) >= 11 is 0. The van der Waals surface area contributed by atoms with Gasteiger partial charge < -0.3 is 15.4 Å². The third-order valence-corrected chi connectivity index (χ3v) is 4.39. The number of hydrogen-bond donors (Lipinski definition) is 1. The summed E-state index contributed by atoms with van der Waals surface area (Å²) in [6.45, 7) is 7.34. The standard InChI is InChI=1S/C17H26N4O/c18-17(21-9-11-22-12-10-21)19-13-15-3-5-16(6-4-15)14-20-7-1-2-8-20/h3-6H,1-2,7-14H2,(H2,18,19). The first-order valence-electron chi connectivity index (χ1n) is 8.24. The molecule has 2 aliphatic rings. The minimum absolute atomic E-state index is 0.629. The monoisotopic (exact) mass is 302 g/mol. The van der Waals surface area contributed by atoms with Gasteiger partial charge in [0.25, 0.3) is 0 Å². The number of aliphatic imine (C=N–C) groups is 1. The molecule has 2 N–H and O–H groups in total. The van der Waals surface area contributed by atoms with Crippen LogP contribution in [0.25, 0.3) is 0 Å². The highest BCUT2D eigenvalue weighted by Crippen LogP contribution is 2.13. The van der Waals surface area contributed by atoms with E-state index in [0.717, 1.165) is 32.8 Å². The third kappa shape index (κ3) is 4.21. The second-order valence-corrected chi connectivity index (χ2v) is 6.07. The molecule has 0 amide bonds. The summed E-state index contributed by atoms with van der Waals surface area (Å²) in [6, 6.07) is 8.77. The van der Waals surface area contributed by atoms with Crippen molar-refractivity contribution < 1.29 is 4.74 Å². The van der Waals surface area contributed by atoms with Gasteiger partial charge in [-0.2, -0.15) is 0 Å². The zero-order valence-corrected chi connectivity index (χ0v) is 13.2. The van der Waals surface area contributed by atoms with Crippen molar-refractivity contribution in [3.63, 3.8) is 0 Å². The maximum absolute atomic E-state index is 6.05. The van der Waals surface area contributed by atoms with Gasteiger partial charge >= 0.3 is 0 Å². The zero-order valence-electron chi connectivity index (χ0n) is 13.2. The van der Waals surface area contributed by atoms with E-state index < -0.39 is 0 Å². The molecule has 2 heterocycles. The number of ether oxygens (including phenoxy) is 1. The lowest BCUT2D eigenvalue weighted by molar-refractivity contribution is 0.0674. The summed E-state index contributed by atoms with van der Waals surface area (Å²) in [5.41, 5.74) is 8.64. The Morgan fingerprint density at radius 2 is 1.64 bits per heavy atom. The number of rotatable bonds is 4. The van der Waals surface area contributed by atoms with Crippen LogP contribution in [-0.4, -0.2) is 55.2 Å². The van der Waals surface area contributed by atoms with Gasteiger partial charge in [-0.3, -0.25) is 4.90 Å². The lowest BCUT2D eigenvalue weighted by atomic mass is 10.1. The zero-order chi connectivity index (χ0) is 15.2. The van der Waals surface area contributed by atoms with E-state index in [4.69, 9.17) is 10.5 Å². The van der Waals surface area contributed by atoms with Crippen LogP contribution in [0.5, 0.6) is 0 Å². The summed E-state index contributed by atoms with van der Waals surface area (Å²) in [5.74, 6) is 0.629. The molecule has 22 heavy (non-hydrogen) atoms. The van der Waals surface area contributed by atoms with Crippen LogP contribution >= 0.6 is 0 Å². The quantitative estimate of drug-likeness (QED) is 0.675. The second kappa shape index (κ2) is 7.61. The molecule has 3 rings (SSSR count). The summed E-state index contributed by atoms with van der Waals surface area (Å²) in [4.78, 5) is 9.11. The first-order chi connectivity index (χ1) is 10.8. The smallest absolute Gasteiger partial charge is 0.191 e. The van der Waals surface area contributed by atoms with Gasteiger partial charge in [0.15, 0.2) is 5.96 Å². The van der Waals surface area contributed by atoms with Crippen LogP contribution in [0.3, 0.4) is 0 Å². The first-order valence-corrected chi connectivity index (χ1v) is 8.24. The van der Waals surface area contributed by atoms with Crippen LogP contribution in [-0.2, 0) is 17.8 Å². The Balaban J connectivity index is 1.51. The van der Waals surface area contributed by atoms with Crippen LogP contribution in [0.4, 0.5) is 0 Å². The Labute approximate surface area is 132 Å². The molecule has 1 aromatic rings. The Morgan fingerprint density at radius 3 is 2.32 bits per heavy atom. The number of likely N-dealkylation sites (tertiary alicyclic amines) is 1. The van der Waals surface area contributed by atoms with Crippen molar-refractivity contribution in [3.05, 3.63) is 35.4 Å². The fourth-order valence-corrected chi connectivity index (χ4v) is 3.01. The SMILES string of the molecule is NC(=NCc1ccc(CN2CCCC2)cc1)N1CCOCC1. The molecule has 0 aromatic heterocycles. The fourth-order valence-electron chi connectivity index (χ4n) is 3.01. The Kier molecular flexibility index (Phi) is 5.29. The predicted molar refractivity (Wildman–Crippen MR) is 88.7 cm³/mol. The molecule has 5 nitrogen and oxygen atoms in total. The van der Waals surface area contributed by atoms with Gasteiger partial charge in [-0.1, -0.05) is 24.3 Å². The van der Waals surface area contributed by atoms with E-state index in [1.165, 1.54) is 37.1 Å². The van der Waals surface area contributed by atoms with Gasteiger partial charge in [-0.15, -0.1) is 0 Å². The highest BCUT2D eigenvalue weighted by molar-refractivity contribution is 5.78. The number of morpholine rings is 1. The molecule has 0 bridgehead atoms. The van der Waals surface area contributed by atoms with Crippen molar-refractivity contribution >= 4 is 5.96 Å². The van der Waals surface area contributed by atoms with Gasteiger partial charge in [0, 0.05) is 19.6 Å². The van der Waals surface area contributed by atoms with Gasteiger partial charge in [-0.05, 0) is 37.1 Å². The predicted octanol–water partition coefficient (Wildman–Crippen LogP) is 1.43. The molecule has 0 atom stereocenters. The van der Waals surface area contributed by atoms with Crippen LogP contribution < -0.4 is 5.73 Å². The van der Waals surface area contributed by atoms with Gasteiger partial charge in [0.05, 0.1) is 19.8 Å². The third-order valence-electron chi connectivity index (χ3n) is 4.39. The van der Waals surface area contributed by atoms with Crippen molar-refractivity contribution in [3.8, 4) is 0 Å². The molecule has 0 saturated carbocycles. The molecule has 2 saturated heterocycles. The average Bonchev–Trinajstić information content (AvgIpc) is 3.08. The van der Waals surface area contributed by atoms with Crippen LogP contribution in [0.2, 0.25) is 0 Å². The molecule has 2 fully saturated rings. The molecular weight excluding hydrogens is 276 g/mol. The van der Waals surface area contributed by atoms with Crippen molar-refractivity contribution in [2.24, 2.45) is 10.7 Å². The highest BCUT2D eigenvalue weighted by Gasteiger charge is 2.12. The van der Waals surface area contributed by atoms with E-state index in [-0.39, 0.29) is 0 Å². The number of hydrogen-bond acceptors (Lipinski definition) is 3. The Morgan fingerprint density at radius 1 is 1.00 bits per heavy atom. The molecular formula is C17H26N4O. The maximum Gasteiger partial charge on any atom is 0.191 e. The molecule has 0 spiro atoms. The fraction of sp³-hybridized carbons (Fsp3) is 0.588. The van der Waals surface area contributed by atoms with Crippen LogP contribution in [0, 0.1) is 0 Å². The number of nitrogens with zero attached hydrogens (tertiary/aromatic N) is 3. The topological polar surface area (TPSA) is 54.1 Å². The van der Waals surface area contributed by atoms with Crippen LogP contribution in [0.1, 0.15) is 24.0 Å². The molecule has 2 aliphatic heterocycles. The van der Waals surface area contributed by atoms with Crippen molar-refractivity contribution in [1.29, 1.82) is 0 Å². The van der Waals surface area contributed by atoms with E-state index in [2.05, 4.69) is 39.1 Å². The van der Waals surface area contributed by atoms with E-state index in [1.807, 2.05) is 0 Å². The normalized spacial score (nSPS) is 20.5. The maximum atomic E-state index is 6.05. The number of benzene rings is 1. The Bertz CT molecular complexity index is 488. The molecule has 0 radical (unpaired) electrons. The summed E-state index contributed by atoms with van der Waals surface area (Å²) < 4.78 is 5.32. The lowest BCUT2D eigenvalue weighted by Gasteiger charge is -2.27.